The number of phenolic OH excluding ortho intramolecular Hbond substituents is 1. The van der Waals surface area contributed by atoms with Crippen molar-refractivity contribution in [3.8, 4) is 22.8 Å². The van der Waals surface area contributed by atoms with Crippen LogP contribution in [0.25, 0.3) is 11.3 Å². The van der Waals surface area contributed by atoms with Gasteiger partial charge in [-0.05, 0) is 55.0 Å². The number of amides is 1. The van der Waals surface area contributed by atoms with Crippen LogP contribution < -0.4 is 10.2 Å². The Bertz CT molecular complexity index is 983. The summed E-state index contributed by atoms with van der Waals surface area (Å²) in [5, 5.41) is 20.5. The molecule has 0 unspecified atom stereocenters. The molecule has 0 atom stereocenters. The quantitative estimate of drug-likeness (QED) is 0.378. The minimum absolute atomic E-state index is 0.0661. The summed E-state index contributed by atoms with van der Waals surface area (Å²) in [6.07, 6.45) is 2.31. The molecule has 0 aliphatic carbocycles. The van der Waals surface area contributed by atoms with Crippen LogP contribution in [0.4, 0.5) is 0 Å². The van der Waals surface area contributed by atoms with Crippen LogP contribution in [0.15, 0.2) is 58.1 Å². The van der Waals surface area contributed by atoms with E-state index in [1.165, 1.54) is 12.3 Å². The lowest BCUT2D eigenvalue weighted by Gasteiger charge is -2.04. The first-order chi connectivity index (χ1) is 13.6. The number of aromatic amines is 1. The Kier molecular flexibility index (Phi) is 6.44. The van der Waals surface area contributed by atoms with E-state index in [0.29, 0.717) is 17.9 Å². The number of carbonyl (C=O) groups excluding carboxylic acids is 1. The molecule has 0 radical (unpaired) electrons. The molecule has 2 aromatic carbocycles. The molecule has 0 saturated heterocycles. The van der Waals surface area contributed by atoms with Crippen LogP contribution in [0, 0.1) is 0 Å². The number of hydrazone groups is 1. The number of benzene rings is 2. The van der Waals surface area contributed by atoms with Gasteiger partial charge in [-0.25, -0.2) is 5.43 Å². The predicted octanol–water partition coefficient (Wildman–Crippen LogP) is 4.10. The number of nitrogens with zero attached hydrogens (tertiary/aromatic N) is 2. The molecular weight excluding hydrogens is 424 g/mol. The molecule has 3 N–H and O–H groups in total. The van der Waals surface area contributed by atoms with Gasteiger partial charge in [0, 0.05) is 15.6 Å². The zero-order valence-electron chi connectivity index (χ0n) is 15.1. The number of ether oxygens (including phenoxy) is 1. The lowest BCUT2D eigenvalue weighted by atomic mass is 10.1. The Morgan fingerprint density at radius 2 is 2.07 bits per heavy atom. The lowest BCUT2D eigenvalue weighted by molar-refractivity contribution is 0.0950. The number of hydrogen-bond donors (Lipinski definition) is 3. The fourth-order valence-corrected chi connectivity index (χ4v) is 2.76. The second kappa shape index (κ2) is 9.18. The Balaban J connectivity index is 1.63. The Hall–Kier alpha value is -3.13. The molecule has 7 nitrogen and oxygen atoms in total. The van der Waals surface area contributed by atoms with Gasteiger partial charge < -0.3 is 9.84 Å². The van der Waals surface area contributed by atoms with Crippen LogP contribution in [0.3, 0.4) is 0 Å². The van der Waals surface area contributed by atoms with Crippen LogP contribution in [0.2, 0.25) is 0 Å². The molecule has 3 aromatic rings. The molecule has 28 heavy (non-hydrogen) atoms. The van der Waals surface area contributed by atoms with Crippen molar-refractivity contribution < 1.29 is 14.6 Å². The van der Waals surface area contributed by atoms with Crippen molar-refractivity contribution >= 4 is 28.1 Å². The first-order valence-electron chi connectivity index (χ1n) is 8.67. The molecule has 0 saturated carbocycles. The van der Waals surface area contributed by atoms with Crippen molar-refractivity contribution in [2.24, 2.45) is 5.10 Å². The zero-order valence-corrected chi connectivity index (χ0v) is 16.7. The number of phenols is 1. The van der Waals surface area contributed by atoms with Crippen LogP contribution in [0.1, 0.15) is 29.4 Å². The molecule has 0 bridgehead atoms. The highest BCUT2D eigenvalue weighted by Gasteiger charge is 2.10. The summed E-state index contributed by atoms with van der Waals surface area (Å²) in [5.74, 6) is 0.424. The number of H-pyrrole nitrogens is 1. The van der Waals surface area contributed by atoms with E-state index in [9.17, 15) is 9.90 Å². The van der Waals surface area contributed by atoms with Gasteiger partial charge >= 0.3 is 0 Å². The van der Waals surface area contributed by atoms with Crippen LogP contribution in [-0.2, 0) is 0 Å². The number of rotatable bonds is 7. The number of carbonyl (C=O) groups is 1. The average molecular weight is 443 g/mol. The number of nitrogens with one attached hydrogen (secondary N) is 2. The second-order valence-corrected chi connectivity index (χ2v) is 6.86. The van der Waals surface area contributed by atoms with Crippen LogP contribution in [-0.4, -0.2) is 34.0 Å². The molecule has 0 aliphatic heterocycles. The smallest absolute Gasteiger partial charge is 0.289 e. The van der Waals surface area contributed by atoms with Crippen molar-refractivity contribution in [1.29, 1.82) is 0 Å². The Labute approximate surface area is 170 Å². The van der Waals surface area contributed by atoms with Gasteiger partial charge in [-0.3, -0.25) is 9.89 Å². The topological polar surface area (TPSA) is 99.6 Å². The molecule has 0 fully saturated rings. The third kappa shape index (κ3) is 4.98. The molecule has 0 spiro atoms. The Morgan fingerprint density at radius 3 is 2.82 bits per heavy atom. The molecule has 0 aliphatic rings. The van der Waals surface area contributed by atoms with Gasteiger partial charge in [0.15, 0.2) is 0 Å². The van der Waals surface area contributed by atoms with E-state index in [0.717, 1.165) is 22.2 Å². The number of hydrogen-bond acceptors (Lipinski definition) is 5. The maximum absolute atomic E-state index is 12.2. The number of aromatic nitrogens is 2. The molecule has 8 heteroatoms. The van der Waals surface area contributed by atoms with Gasteiger partial charge in [0.05, 0.1) is 18.5 Å². The minimum atomic E-state index is -0.438. The third-order valence-corrected chi connectivity index (χ3v) is 4.30. The van der Waals surface area contributed by atoms with Crippen molar-refractivity contribution in [2.75, 3.05) is 6.61 Å². The summed E-state index contributed by atoms with van der Waals surface area (Å²) in [7, 11) is 0. The SMILES string of the molecule is CCCOc1ccc(-c2cc(C(=O)NN=Cc3cc(Br)ccc3O)[nH]n2)cc1. The molecule has 3 rings (SSSR count). The highest BCUT2D eigenvalue weighted by molar-refractivity contribution is 9.10. The van der Waals surface area contributed by atoms with Crippen LogP contribution >= 0.6 is 15.9 Å². The fraction of sp³-hybridized carbons (Fsp3) is 0.150. The summed E-state index contributed by atoms with van der Waals surface area (Å²) in [5.41, 5.74) is 4.66. The van der Waals surface area contributed by atoms with Gasteiger partial charge in [-0.15, -0.1) is 0 Å². The van der Waals surface area contributed by atoms with Gasteiger partial charge in [0.1, 0.15) is 17.2 Å². The van der Waals surface area contributed by atoms with E-state index in [1.54, 1.807) is 18.2 Å². The van der Waals surface area contributed by atoms with Crippen molar-refractivity contribution in [2.45, 2.75) is 13.3 Å². The number of halogens is 1. The highest BCUT2D eigenvalue weighted by atomic mass is 79.9. The first-order valence-corrected chi connectivity index (χ1v) is 9.46. The molecule has 1 amide bonds. The minimum Gasteiger partial charge on any atom is -0.507 e. The highest BCUT2D eigenvalue weighted by Crippen LogP contribution is 2.22. The van der Waals surface area contributed by atoms with E-state index >= 15 is 0 Å². The molecule has 1 heterocycles. The van der Waals surface area contributed by atoms with Crippen molar-refractivity contribution in [3.63, 3.8) is 0 Å². The lowest BCUT2D eigenvalue weighted by Crippen LogP contribution is -2.18. The van der Waals surface area contributed by atoms with Crippen LogP contribution in [0.5, 0.6) is 11.5 Å². The molecule has 1 aromatic heterocycles. The van der Waals surface area contributed by atoms with E-state index in [2.05, 4.69) is 43.6 Å². The van der Waals surface area contributed by atoms with Gasteiger partial charge in [0.2, 0.25) is 0 Å². The van der Waals surface area contributed by atoms with Crippen molar-refractivity contribution in [1.82, 2.24) is 15.6 Å². The summed E-state index contributed by atoms with van der Waals surface area (Å²) in [6.45, 7) is 2.72. The van der Waals surface area contributed by atoms with Crippen molar-refractivity contribution in [3.05, 3.63) is 64.3 Å². The number of aromatic hydroxyl groups is 1. The van der Waals surface area contributed by atoms with E-state index in [-0.39, 0.29) is 11.4 Å². The molecule has 144 valence electrons. The van der Waals surface area contributed by atoms with Gasteiger partial charge in [-0.1, -0.05) is 22.9 Å². The zero-order chi connectivity index (χ0) is 19.9. The van der Waals surface area contributed by atoms with E-state index < -0.39 is 5.91 Å². The largest absolute Gasteiger partial charge is 0.507 e. The summed E-state index contributed by atoms with van der Waals surface area (Å²) < 4.78 is 6.35. The third-order valence-electron chi connectivity index (χ3n) is 3.80. The summed E-state index contributed by atoms with van der Waals surface area (Å²) in [6, 6.07) is 14.1. The Morgan fingerprint density at radius 1 is 1.29 bits per heavy atom. The van der Waals surface area contributed by atoms with Gasteiger partial charge in [-0.2, -0.15) is 10.2 Å². The van der Waals surface area contributed by atoms with E-state index in [4.69, 9.17) is 4.74 Å². The van der Waals surface area contributed by atoms with Gasteiger partial charge in [0.25, 0.3) is 5.91 Å². The second-order valence-electron chi connectivity index (χ2n) is 5.94. The summed E-state index contributed by atoms with van der Waals surface area (Å²) in [4.78, 5) is 12.2. The maximum Gasteiger partial charge on any atom is 0.289 e. The normalized spacial score (nSPS) is 10.9. The average Bonchev–Trinajstić information content (AvgIpc) is 3.19. The summed E-state index contributed by atoms with van der Waals surface area (Å²) >= 11 is 3.31. The molecular formula is C20H19BrN4O3. The maximum atomic E-state index is 12.2. The standard InChI is InChI=1S/C20H19BrN4O3/c1-2-9-28-16-6-3-13(4-7-16)17-11-18(24-23-17)20(27)25-22-12-14-10-15(21)5-8-19(14)26/h3-8,10-12,26H,2,9H2,1H3,(H,23,24)(H,25,27). The predicted molar refractivity (Wildman–Crippen MR) is 111 cm³/mol. The van der Waals surface area contributed by atoms with E-state index in [1.807, 2.05) is 24.3 Å². The first kappa shape index (κ1) is 19.6. The fourth-order valence-electron chi connectivity index (χ4n) is 2.38. The monoisotopic (exact) mass is 442 g/mol.